The molecule has 0 heterocycles. The van der Waals surface area contributed by atoms with Crippen molar-refractivity contribution in [3.8, 4) is 0 Å². The smallest absolute Gasteiger partial charge is 0.748 e. The molecule has 0 radical (unpaired) electrons. The van der Waals surface area contributed by atoms with Gasteiger partial charge in [-0.3, -0.25) is 0 Å². The predicted molar refractivity (Wildman–Crippen MR) is 105 cm³/mol. The Bertz CT molecular complexity index is 387. The number of unbranched alkanes of at least 4 members (excludes halogenated alkanes) is 10. The Morgan fingerprint density at radius 1 is 0.731 bits per heavy atom. The second-order valence-electron chi connectivity index (χ2n) is 7.43. The molecule has 0 fully saturated rings. The molecule has 26 heavy (non-hydrogen) atoms. The minimum atomic E-state index is -4.13. The zero-order chi connectivity index (χ0) is 19.0. The summed E-state index contributed by atoms with van der Waals surface area (Å²) < 4.78 is 33.9. The molecule has 0 aromatic heterocycles. The zero-order valence-electron chi connectivity index (χ0n) is 17.5. The minimum absolute atomic E-state index is 0. The normalized spacial score (nSPS) is 14.0. The van der Waals surface area contributed by atoms with E-state index in [0.717, 1.165) is 57.8 Å². The van der Waals surface area contributed by atoms with Crippen LogP contribution in [-0.2, 0) is 10.1 Å². The first-order valence-corrected chi connectivity index (χ1v) is 12.0. The third kappa shape index (κ3) is 18.9. The van der Waals surface area contributed by atoms with Crippen LogP contribution < -0.4 is 51.4 Å². The predicted octanol–water partition coefficient (Wildman–Crippen LogP) is 2.55. The van der Waals surface area contributed by atoms with E-state index in [-0.39, 0.29) is 57.5 Å². The van der Waals surface area contributed by atoms with Gasteiger partial charge in [0, 0.05) is 5.25 Å². The van der Waals surface area contributed by atoms with Crippen molar-refractivity contribution in [1.82, 2.24) is 0 Å². The number of rotatable bonds is 18. The fourth-order valence-electron chi connectivity index (χ4n) is 3.25. The van der Waals surface area contributed by atoms with E-state index in [9.17, 15) is 18.1 Å². The summed E-state index contributed by atoms with van der Waals surface area (Å²) in [6.07, 6.45) is 15.9. The summed E-state index contributed by atoms with van der Waals surface area (Å²) in [5.74, 6) is 0. The van der Waals surface area contributed by atoms with Gasteiger partial charge in [0.2, 0.25) is 0 Å². The third-order valence-electron chi connectivity index (χ3n) is 5.07. The molecule has 6 heteroatoms. The van der Waals surface area contributed by atoms with Gasteiger partial charge in [0.05, 0.1) is 16.2 Å². The largest absolute Gasteiger partial charge is 1.00 e. The average Bonchev–Trinajstić information content (AvgIpc) is 2.56. The Morgan fingerprint density at radius 3 is 1.50 bits per heavy atom. The number of aliphatic hydroxyl groups excluding tert-OH is 1. The fraction of sp³-hybridized carbons (Fsp3) is 1.00. The van der Waals surface area contributed by atoms with Gasteiger partial charge in [-0.05, 0) is 25.7 Å². The zero-order valence-corrected chi connectivity index (χ0v) is 21.5. The van der Waals surface area contributed by atoms with Crippen molar-refractivity contribution >= 4 is 10.1 Å². The maximum atomic E-state index is 11.3. The fourth-order valence-corrected chi connectivity index (χ4v) is 4.16. The maximum absolute atomic E-state index is 11.3. The Kier molecular flexibility index (Phi) is 22.6. The van der Waals surface area contributed by atoms with Crippen molar-refractivity contribution in [1.29, 1.82) is 0 Å². The summed E-state index contributed by atoms with van der Waals surface area (Å²) in [4.78, 5) is 0. The second-order valence-corrected chi connectivity index (χ2v) is 9.08. The molecule has 0 bridgehead atoms. The van der Waals surface area contributed by atoms with Crippen LogP contribution in [0.1, 0.15) is 117 Å². The van der Waals surface area contributed by atoms with Gasteiger partial charge in [0.15, 0.2) is 0 Å². The van der Waals surface area contributed by atoms with Gasteiger partial charge in [0.1, 0.15) is 0 Å². The van der Waals surface area contributed by atoms with Crippen molar-refractivity contribution in [2.75, 3.05) is 0 Å². The molecule has 0 amide bonds. The number of aliphatic hydroxyl groups is 1. The van der Waals surface area contributed by atoms with Crippen molar-refractivity contribution in [2.24, 2.45) is 0 Å². The first-order chi connectivity index (χ1) is 11.9. The van der Waals surface area contributed by atoms with E-state index in [0.29, 0.717) is 12.8 Å². The summed E-state index contributed by atoms with van der Waals surface area (Å²) in [6.45, 7) is 4.10. The molecule has 1 N–H and O–H groups in total. The monoisotopic (exact) mass is 416 g/mol. The summed E-state index contributed by atoms with van der Waals surface area (Å²) >= 11 is 0. The standard InChI is InChI=1S/C20H42O4S.K/c1-3-5-13-17-20(25(22,23)24)18-15-12-10-8-6-7-9-11-14-16-19(21)4-2;/h19-21H,3-18H2,1-2H3,(H,22,23,24);/q;+1/p-1. The van der Waals surface area contributed by atoms with Crippen molar-refractivity contribution in [3.05, 3.63) is 0 Å². The van der Waals surface area contributed by atoms with Gasteiger partial charge >= 0.3 is 51.4 Å². The van der Waals surface area contributed by atoms with Gasteiger partial charge in [0.25, 0.3) is 0 Å². The van der Waals surface area contributed by atoms with Crippen LogP contribution in [0.3, 0.4) is 0 Å². The van der Waals surface area contributed by atoms with Gasteiger partial charge in [-0.2, -0.15) is 0 Å². The Labute approximate surface area is 205 Å². The van der Waals surface area contributed by atoms with E-state index in [1.54, 1.807) is 0 Å². The molecule has 0 saturated carbocycles. The second kappa shape index (κ2) is 19.8. The van der Waals surface area contributed by atoms with Crippen molar-refractivity contribution in [3.63, 3.8) is 0 Å². The van der Waals surface area contributed by atoms with Crippen LogP contribution in [0.4, 0.5) is 0 Å². The van der Waals surface area contributed by atoms with Gasteiger partial charge in [-0.1, -0.05) is 90.9 Å². The summed E-state index contributed by atoms with van der Waals surface area (Å²) in [5, 5.41) is 8.80. The van der Waals surface area contributed by atoms with Crippen LogP contribution >= 0.6 is 0 Å². The van der Waals surface area contributed by atoms with Crippen LogP contribution in [0.25, 0.3) is 0 Å². The van der Waals surface area contributed by atoms with Gasteiger partial charge in [-0.15, -0.1) is 0 Å². The summed E-state index contributed by atoms with van der Waals surface area (Å²) in [6, 6.07) is 0. The molecule has 0 aliphatic carbocycles. The van der Waals surface area contributed by atoms with Crippen molar-refractivity contribution < 1.29 is 69.5 Å². The average molecular weight is 417 g/mol. The first kappa shape index (κ1) is 29.7. The molecule has 0 saturated heterocycles. The summed E-state index contributed by atoms with van der Waals surface area (Å²) in [7, 11) is -4.13. The van der Waals surface area contributed by atoms with Crippen LogP contribution in [0, 0.1) is 0 Å². The van der Waals surface area contributed by atoms with Crippen LogP contribution in [0.5, 0.6) is 0 Å². The van der Waals surface area contributed by atoms with Crippen LogP contribution in [0.15, 0.2) is 0 Å². The molecule has 0 rings (SSSR count). The number of hydrogen-bond acceptors (Lipinski definition) is 4. The summed E-state index contributed by atoms with van der Waals surface area (Å²) in [5.41, 5.74) is 0. The molecule has 152 valence electrons. The van der Waals surface area contributed by atoms with Crippen LogP contribution in [-0.4, -0.2) is 29.4 Å². The van der Waals surface area contributed by atoms with E-state index < -0.39 is 15.4 Å². The van der Waals surface area contributed by atoms with Gasteiger partial charge in [-0.25, -0.2) is 8.42 Å². The minimum Gasteiger partial charge on any atom is -0.748 e. The van der Waals surface area contributed by atoms with Crippen LogP contribution in [0.2, 0.25) is 0 Å². The SMILES string of the molecule is CCCCCC(CCCCCCCCCCCC(O)CC)S(=O)(=O)[O-].[K+]. The molecular formula is C20H41KO4S. The molecule has 0 aromatic carbocycles. The van der Waals surface area contributed by atoms with E-state index in [4.69, 9.17) is 0 Å². The molecule has 4 nitrogen and oxygen atoms in total. The molecular weight excluding hydrogens is 375 g/mol. The Balaban J connectivity index is 0. The molecule has 0 aromatic rings. The molecule has 2 atom stereocenters. The van der Waals surface area contributed by atoms with Crippen molar-refractivity contribution in [2.45, 2.75) is 128 Å². The molecule has 0 aliphatic heterocycles. The topological polar surface area (TPSA) is 77.4 Å². The molecule has 0 spiro atoms. The van der Waals surface area contributed by atoms with E-state index in [2.05, 4.69) is 6.92 Å². The maximum Gasteiger partial charge on any atom is 1.00 e. The molecule has 2 unspecified atom stereocenters. The Morgan fingerprint density at radius 2 is 1.12 bits per heavy atom. The van der Waals surface area contributed by atoms with E-state index in [1.807, 2.05) is 6.92 Å². The Hall–Kier alpha value is 1.51. The van der Waals surface area contributed by atoms with Gasteiger partial charge < -0.3 is 9.66 Å². The third-order valence-corrected chi connectivity index (χ3v) is 6.36. The first-order valence-electron chi connectivity index (χ1n) is 10.5. The molecule has 0 aliphatic rings. The van der Waals surface area contributed by atoms with E-state index in [1.165, 1.54) is 32.1 Å². The quantitative estimate of drug-likeness (QED) is 0.212. The van der Waals surface area contributed by atoms with E-state index >= 15 is 0 Å². The number of hydrogen-bond donors (Lipinski definition) is 1.